The highest BCUT2D eigenvalue weighted by Crippen LogP contribution is 2.30. The lowest BCUT2D eigenvalue weighted by atomic mass is 10.2. The molecule has 0 saturated heterocycles. The molecular weight excluding hydrogens is 258 g/mol. The van der Waals surface area contributed by atoms with Crippen LogP contribution in [-0.4, -0.2) is 12.1 Å². The van der Waals surface area contributed by atoms with Crippen molar-refractivity contribution in [3.05, 3.63) is 35.9 Å². The van der Waals surface area contributed by atoms with Gasteiger partial charge in [-0.2, -0.15) is 0 Å². The first kappa shape index (κ1) is 13.8. The number of anilines is 3. The van der Waals surface area contributed by atoms with Crippen LogP contribution >= 0.6 is 0 Å². The van der Waals surface area contributed by atoms with Crippen LogP contribution in [0.25, 0.3) is 0 Å². The molecule has 0 fully saturated rings. The molecule has 1 aromatic carbocycles. The number of pyridine rings is 1. The fourth-order valence-corrected chi connectivity index (χ4v) is 1.76. The second kappa shape index (κ2) is 5.98. The highest BCUT2D eigenvalue weighted by molar-refractivity contribution is 5.71. The van der Waals surface area contributed by atoms with E-state index in [0.717, 1.165) is 11.3 Å². The van der Waals surface area contributed by atoms with Crippen molar-refractivity contribution in [1.29, 1.82) is 0 Å². The Morgan fingerprint density at radius 3 is 2.65 bits per heavy atom. The van der Waals surface area contributed by atoms with Gasteiger partial charge in [-0.05, 0) is 6.07 Å². The van der Waals surface area contributed by atoms with Crippen molar-refractivity contribution in [3.63, 3.8) is 0 Å². The van der Waals surface area contributed by atoms with Crippen LogP contribution in [0.15, 0.2) is 30.3 Å². The number of hydrogen-bond acceptors (Lipinski definition) is 7. The molecule has 0 bridgehead atoms. The molecule has 20 heavy (non-hydrogen) atoms. The van der Waals surface area contributed by atoms with Crippen molar-refractivity contribution in [2.75, 3.05) is 24.0 Å². The molecule has 106 valence electrons. The molecule has 0 spiro atoms. The maximum absolute atomic E-state index is 5.88. The summed E-state index contributed by atoms with van der Waals surface area (Å²) in [6, 6.07) is 9.10. The van der Waals surface area contributed by atoms with Gasteiger partial charge < -0.3 is 26.4 Å². The van der Waals surface area contributed by atoms with Gasteiger partial charge in [0.1, 0.15) is 29.6 Å². The minimum atomic E-state index is 0.266. The summed E-state index contributed by atoms with van der Waals surface area (Å²) in [6.07, 6.45) is 0. The predicted molar refractivity (Wildman–Crippen MR) is 78.2 cm³/mol. The van der Waals surface area contributed by atoms with Gasteiger partial charge in [0.15, 0.2) is 5.82 Å². The van der Waals surface area contributed by atoms with E-state index in [1.54, 1.807) is 13.2 Å². The number of methoxy groups -OCH3 is 1. The van der Waals surface area contributed by atoms with Crippen LogP contribution in [0, 0.1) is 0 Å². The SMILES string of the molecule is COc1ccccc1COc1cc(N)nc(NN)c1N. The second-order valence-electron chi connectivity index (χ2n) is 4.05. The Kier molecular flexibility index (Phi) is 4.11. The Labute approximate surface area is 116 Å². The molecule has 7 N–H and O–H groups in total. The van der Waals surface area contributed by atoms with Crippen molar-refractivity contribution in [2.24, 2.45) is 5.84 Å². The minimum Gasteiger partial charge on any atom is -0.496 e. The van der Waals surface area contributed by atoms with E-state index in [1.807, 2.05) is 24.3 Å². The average Bonchev–Trinajstić information content (AvgIpc) is 2.48. The van der Waals surface area contributed by atoms with Crippen LogP contribution in [0.5, 0.6) is 11.5 Å². The number of nitrogen functional groups attached to an aromatic ring is 3. The van der Waals surface area contributed by atoms with Gasteiger partial charge in [0, 0.05) is 11.6 Å². The molecule has 0 radical (unpaired) electrons. The van der Waals surface area contributed by atoms with Crippen molar-refractivity contribution < 1.29 is 9.47 Å². The lowest BCUT2D eigenvalue weighted by Gasteiger charge is -2.13. The summed E-state index contributed by atoms with van der Waals surface area (Å²) >= 11 is 0. The monoisotopic (exact) mass is 275 g/mol. The van der Waals surface area contributed by atoms with E-state index in [1.165, 1.54) is 0 Å². The average molecular weight is 275 g/mol. The Morgan fingerprint density at radius 1 is 1.20 bits per heavy atom. The zero-order valence-electron chi connectivity index (χ0n) is 11.1. The van der Waals surface area contributed by atoms with Crippen molar-refractivity contribution in [2.45, 2.75) is 6.61 Å². The van der Waals surface area contributed by atoms with Gasteiger partial charge in [-0.1, -0.05) is 18.2 Å². The van der Waals surface area contributed by atoms with Gasteiger partial charge in [0.2, 0.25) is 0 Å². The molecule has 1 aromatic heterocycles. The summed E-state index contributed by atoms with van der Waals surface area (Å²) in [4.78, 5) is 3.95. The van der Waals surface area contributed by atoms with Crippen molar-refractivity contribution in [3.8, 4) is 11.5 Å². The predicted octanol–water partition coefficient (Wildman–Crippen LogP) is 1.12. The van der Waals surface area contributed by atoms with Crippen LogP contribution in [-0.2, 0) is 6.61 Å². The second-order valence-corrected chi connectivity index (χ2v) is 4.05. The Hall–Kier alpha value is -2.67. The summed E-state index contributed by atoms with van der Waals surface area (Å²) < 4.78 is 10.9. The number of benzene rings is 1. The molecule has 2 aromatic rings. The van der Waals surface area contributed by atoms with Gasteiger partial charge in [-0.15, -0.1) is 0 Å². The third-order valence-electron chi connectivity index (χ3n) is 2.75. The Balaban J connectivity index is 2.21. The van der Waals surface area contributed by atoms with Crippen molar-refractivity contribution in [1.82, 2.24) is 4.98 Å². The molecule has 0 unspecified atom stereocenters. The maximum atomic E-state index is 5.88. The number of hydrogen-bond donors (Lipinski definition) is 4. The third kappa shape index (κ3) is 2.83. The first-order chi connectivity index (χ1) is 9.65. The lowest BCUT2D eigenvalue weighted by Crippen LogP contribution is -2.13. The zero-order valence-corrected chi connectivity index (χ0v) is 11.1. The van der Waals surface area contributed by atoms with Gasteiger partial charge in [0.05, 0.1) is 7.11 Å². The van der Waals surface area contributed by atoms with E-state index in [4.69, 9.17) is 26.8 Å². The number of aromatic nitrogens is 1. The fourth-order valence-electron chi connectivity index (χ4n) is 1.76. The van der Waals surface area contributed by atoms with E-state index in [0.29, 0.717) is 18.0 Å². The minimum absolute atomic E-state index is 0.266. The molecular formula is C13H17N5O2. The number of rotatable bonds is 5. The van der Waals surface area contributed by atoms with Crippen LogP contribution in [0.2, 0.25) is 0 Å². The van der Waals surface area contributed by atoms with E-state index in [9.17, 15) is 0 Å². The van der Waals surface area contributed by atoms with Crippen LogP contribution in [0.3, 0.4) is 0 Å². The molecule has 2 rings (SSSR count). The van der Waals surface area contributed by atoms with Crippen LogP contribution in [0.4, 0.5) is 17.3 Å². The largest absolute Gasteiger partial charge is 0.496 e. The van der Waals surface area contributed by atoms with Crippen molar-refractivity contribution >= 4 is 17.3 Å². The highest BCUT2D eigenvalue weighted by atomic mass is 16.5. The molecule has 7 heteroatoms. The molecule has 0 aliphatic rings. The van der Waals surface area contributed by atoms with Gasteiger partial charge >= 0.3 is 0 Å². The molecule has 7 nitrogen and oxygen atoms in total. The standard InChI is InChI=1S/C13H17N5O2/c1-19-9-5-3-2-4-8(9)7-20-10-6-11(14)17-13(18-16)12(10)15/h2-6H,7,15-16H2,1H3,(H3,14,17,18). The molecule has 0 aliphatic carbocycles. The van der Waals surface area contributed by atoms with E-state index >= 15 is 0 Å². The number of nitrogens with one attached hydrogen (secondary N) is 1. The summed E-state index contributed by atoms with van der Waals surface area (Å²) in [5.74, 6) is 7.02. The quantitative estimate of drug-likeness (QED) is 0.476. The molecule has 0 aliphatic heterocycles. The van der Waals surface area contributed by atoms with Gasteiger partial charge in [-0.25, -0.2) is 10.8 Å². The summed E-state index contributed by atoms with van der Waals surface area (Å²) in [7, 11) is 1.61. The summed E-state index contributed by atoms with van der Waals surface area (Å²) in [5, 5.41) is 0. The Bertz CT molecular complexity index is 603. The lowest BCUT2D eigenvalue weighted by molar-refractivity contribution is 0.298. The van der Waals surface area contributed by atoms with Gasteiger partial charge in [-0.3, -0.25) is 0 Å². The number of ether oxygens (including phenoxy) is 2. The number of nitrogens with two attached hydrogens (primary N) is 3. The zero-order chi connectivity index (χ0) is 14.5. The first-order valence-electron chi connectivity index (χ1n) is 5.93. The number of nitrogens with zero attached hydrogens (tertiary/aromatic N) is 1. The van der Waals surface area contributed by atoms with Gasteiger partial charge in [0.25, 0.3) is 0 Å². The first-order valence-corrected chi connectivity index (χ1v) is 5.93. The van der Waals surface area contributed by atoms with Crippen LogP contribution < -0.4 is 32.2 Å². The number of para-hydroxylation sites is 1. The van der Waals surface area contributed by atoms with E-state index in [2.05, 4.69) is 10.4 Å². The fraction of sp³-hybridized carbons (Fsp3) is 0.154. The molecule has 0 amide bonds. The molecule has 0 saturated carbocycles. The molecule has 1 heterocycles. The third-order valence-corrected chi connectivity index (χ3v) is 2.75. The van der Waals surface area contributed by atoms with E-state index in [-0.39, 0.29) is 11.6 Å². The highest BCUT2D eigenvalue weighted by Gasteiger charge is 2.10. The topological polar surface area (TPSA) is 121 Å². The molecule has 0 atom stereocenters. The maximum Gasteiger partial charge on any atom is 0.169 e. The summed E-state index contributed by atoms with van der Waals surface area (Å²) in [5.41, 5.74) is 15.1. The van der Waals surface area contributed by atoms with E-state index < -0.39 is 0 Å². The smallest absolute Gasteiger partial charge is 0.169 e. The normalized spacial score (nSPS) is 10.1. The van der Waals surface area contributed by atoms with Crippen LogP contribution in [0.1, 0.15) is 5.56 Å². The summed E-state index contributed by atoms with van der Waals surface area (Å²) in [6.45, 7) is 0.293. The Morgan fingerprint density at radius 2 is 1.95 bits per heavy atom. The number of hydrazine groups is 1.